The lowest BCUT2D eigenvalue weighted by molar-refractivity contribution is -0.136. The molecule has 7 nitrogen and oxygen atoms in total. The summed E-state index contributed by atoms with van der Waals surface area (Å²) in [6, 6.07) is 22.3. The Morgan fingerprint density at radius 3 is 1.90 bits per heavy atom. The highest BCUT2D eigenvalue weighted by molar-refractivity contribution is 8.00. The van der Waals surface area contributed by atoms with Crippen LogP contribution in [0.15, 0.2) is 72.8 Å². The molecule has 1 N–H and O–H groups in total. The van der Waals surface area contributed by atoms with Crippen molar-refractivity contribution in [3.05, 3.63) is 89.5 Å². The first-order chi connectivity index (χ1) is 18.4. The zero-order chi connectivity index (χ0) is 28.5. The van der Waals surface area contributed by atoms with Crippen LogP contribution in [-0.4, -0.2) is 49.0 Å². The van der Waals surface area contributed by atoms with E-state index in [1.54, 1.807) is 24.3 Å². The average Bonchev–Trinajstić information content (AvgIpc) is 2.84. The molecule has 0 heterocycles. The van der Waals surface area contributed by atoms with Gasteiger partial charge in [0.2, 0.25) is 0 Å². The van der Waals surface area contributed by atoms with E-state index in [0.717, 1.165) is 35.1 Å². The number of benzene rings is 3. The number of hydrogen-bond donors (Lipinski definition) is 1. The Balaban J connectivity index is 1.43. The van der Waals surface area contributed by atoms with Crippen molar-refractivity contribution in [1.29, 1.82) is 0 Å². The number of carbonyl (C=O) groups is 1. The quantitative estimate of drug-likeness (QED) is 0.242. The van der Waals surface area contributed by atoms with Crippen molar-refractivity contribution in [2.75, 3.05) is 18.6 Å². The Morgan fingerprint density at radius 1 is 0.821 bits per heavy atom. The predicted molar refractivity (Wildman–Crippen MR) is 156 cm³/mol. The van der Waals surface area contributed by atoms with Crippen molar-refractivity contribution >= 4 is 27.8 Å². The summed E-state index contributed by atoms with van der Waals surface area (Å²) < 4.78 is 38.8. The lowest BCUT2D eigenvalue weighted by atomic mass is 10.1. The fraction of sp³-hybridized carbons (Fsp3) is 0.367. The molecule has 9 heteroatoms. The second-order valence-corrected chi connectivity index (χ2v) is 13.1. The highest BCUT2D eigenvalue weighted by atomic mass is 32.2. The van der Waals surface area contributed by atoms with Crippen molar-refractivity contribution < 1.29 is 32.0 Å². The van der Waals surface area contributed by atoms with Gasteiger partial charge in [-0.25, -0.2) is 0 Å². The fourth-order valence-electron chi connectivity index (χ4n) is 3.72. The van der Waals surface area contributed by atoms with Crippen LogP contribution in [-0.2, 0) is 34.2 Å². The Hall–Kier alpha value is -3.17. The van der Waals surface area contributed by atoms with E-state index in [1.807, 2.05) is 69.3 Å². The van der Waals surface area contributed by atoms with Gasteiger partial charge in [-0.3, -0.25) is 4.79 Å². The molecular formula is C30H36O7S2. The van der Waals surface area contributed by atoms with Crippen LogP contribution in [0.2, 0.25) is 0 Å². The molecule has 3 rings (SSSR count). The lowest BCUT2D eigenvalue weighted by Gasteiger charge is -2.21. The van der Waals surface area contributed by atoms with Crippen LogP contribution in [0.3, 0.4) is 0 Å². The maximum Gasteiger partial charge on any atom is 0.316 e. The van der Waals surface area contributed by atoms with Gasteiger partial charge in [-0.05, 0) is 92.5 Å². The van der Waals surface area contributed by atoms with Gasteiger partial charge < -0.3 is 18.8 Å². The molecule has 0 fully saturated rings. The van der Waals surface area contributed by atoms with E-state index in [9.17, 15) is 18.3 Å². The molecule has 0 amide bonds. The maximum absolute atomic E-state index is 11.9. The fourth-order valence-corrected chi connectivity index (χ4v) is 5.27. The molecule has 1 atom stereocenters. The van der Waals surface area contributed by atoms with Crippen molar-refractivity contribution in [3.63, 3.8) is 0 Å². The summed E-state index contributed by atoms with van der Waals surface area (Å²) in [5.41, 5.74) is 2.96. The van der Waals surface area contributed by atoms with Crippen LogP contribution >= 0.6 is 11.8 Å². The minimum Gasteiger partial charge on any atom is -0.493 e. The van der Waals surface area contributed by atoms with Gasteiger partial charge in [0.15, 0.2) is 0 Å². The molecule has 1 unspecified atom stereocenters. The van der Waals surface area contributed by atoms with E-state index < -0.39 is 21.3 Å². The molecule has 0 spiro atoms. The van der Waals surface area contributed by atoms with Crippen molar-refractivity contribution in [2.45, 2.75) is 50.9 Å². The smallest absolute Gasteiger partial charge is 0.316 e. The zero-order valence-corrected chi connectivity index (χ0v) is 24.4. The van der Waals surface area contributed by atoms with Gasteiger partial charge in [0.25, 0.3) is 0 Å². The molecule has 0 aliphatic rings. The van der Waals surface area contributed by atoms with Crippen LogP contribution in [0.25, 0.3) is 0 Å². The van der Waals surface area contributed by atoms with Gasteiger partial charge in [0.1, 0.15) is 28.1 Å². The van der Waals surface area contributed by atoms with E-state index in [2.05, 4.69) is 0 Å². The number of hydrogen-bond acceptors (Lipinski definition) is 7. The van der Waals surface area contributed by atoms with Crippen LogP contribution < -0.4 is 13.7 Å². The number of rotatable bonds is 14. The second kappa shape index (κ2) is 13.8. The van der Waals surface area contributed by atoms with Gasteiger partial charge in [-0.2, -0.15) is 8.42 Å². The van der Waals surface area contributed by atoms with Gasteiger partial charge in [-0.15, -0.1) is 11.8 Å². The first-order valence-corrected chi connectivity index (χ1v) is 15.6. The Kier molecular flexibility index (Phi) is 10.7. The maximum atomic E-state index is 11.9. The third-order valence-electron chi connectivity index (χ3n) is 5.51. The van der Waals surface area contributed by atoms with E-state index in [-0.39, 0.29) is 11.4 Å². The molecule has 0 aliphatic heterocycles. The summed E-state index contributed by atoms with van der Waals surface area (Å²) in [7, 11) is -3.56. The molecular weight excluding hydrogens is 536 g/mol. The number of thioether (sulfide) groups is 1. The number of aryl methyl sites for hydroxylation is 1. The zero-order valence-electron chi connectivity index (χ0n) is 22.8. The first-order valence-electron chi connectivity index (χ1n) is 12.7. The minimum atomic E-state index is -3.56. The highest BCUT2D eigenvalue weighted by Gasteiger charge is 2.18. The average molecular weight is 573 g/mol. The number of carboxylic acid groups (broad SMARTS) is 1. The normalized spacial score (nSPS) is 12.5. The molecule has 3 aromatic carbocycles. The second-order valence-electron chi connectivity index (χ2n) is 10.2. The van der Waals surface area contributed by atoms with E-state index in [0.29, 0.717) is 31.0 Å². The minimum absolute atomic E-state index is 0.235. The third-order valence-corrected chi connectivity index (χ3v) is 7.21. The summed E-state index contributed by atoms with van der Waals surface area (Å²) in [5.74, 6) is 1.58. The summed E-state index contributed by atoms with van der Waals surface area (Å²) in [4.78, 5) is 11.9. The lowest BCUT2D eigenvalue weighted by Crippen LogP contribution is -2.22. The topological polar surface area (TPSA) is 99.1 Å². The van der Waals surface area contributed by atoms with Crippen LogP contribution in [0.4, 0.5) is 0 Å². The predicted octanol–water partition coefficient (Wildman–Crippen LogP) is 5.80. The Labute approximate surface area is 235 Å². The van der Waals surface area contributed by atoms with Crippen LogP contribution in [0, 0.1) is 0 Å². The largest absolute Gasteiger partial charge is 0.493 e. The van der Waals surface area contributed by atoms with Crippen molar-refractivity contribution in [2.24, 2.45) is 0 Å². The summed E-state index contributed by atoms with van der Waals surface area (Å²) in [6.07, 6.45) is 2.92. The number of ether oxygens (including phenoxy) is 2. The van der Waals surface area contributed by atoms with Gasteiger partial charge in [0.05, 0.1) is 12.9 Å². The highest BCUT2D eigenvalue weighted by Crippen LogP contribution is 2.23. The van der Waals surface area contributed by atoms with Gasteiger partial charge in [0, 0.05) is 6.42 Å². The Morgan fingerprint density at radius 2 is 1.33 bits per heavy atom. The molecule has 0 saturated carbocycles. The molecule has 0 radical (unpaired) electrons. The van der Waals surface area contributed by atoms with E-state index in [1.165, 1.54) is 11.8 Å². The Bertz CT molecular complexity index is 1300. The monoisotopic (exact) mass is 572 g/mol. The van der Waals surface area contributed by atoms with E-state index >= 15 is 0 Å². The van der Waals surface area contributed by atoms with Crippen molar-refractivity contribution in [3.8, 4) is 17.2 Å². The van der Waals surface area contributed by atoms with Gasteiger partial charge >= 0.3 is 16.1 Å². The summed E-state index contributed by atoms with van der Waals surface area (Å²) in [5, 5.41) is 9.22. The molecule has 210 valence electrons. The molecule has 0 bridgehead atoms. The first kappa shape index (κ1) is 30.4. The molecule has 0 aromatic heterocycles. The molecule has 39 heavy (non-hydrogen) atoms. The summed E-state index contributed by atoms with van der Waals surface area (Å²) >= 11 is 1.46. The molecule has 0 aliphatic carbocycles. The summed E-state index contributed by atoms with van der Waals surface area (Å²) in [6.45, 7) is 6.48. The molecule has 3 aromatic rings. The third kappa shape index (κ3) is 11.6. The number of carboxylic acids is 1. The SMILES string of the molecule is CC(C)(C)Oc1ccc(CCSC(Cc2ccc(CCOc3ccc(OS(C)(=O)=O)cc3)cc2)C(=O)O)cc1. The van der Waals surface area contributed by atoms with E-state index in [4.69, 9.17) is 13.7 Å². The van der Waals surface area contributed by atoms with Crippen LogP contribution in [0.5, 0.6) is 17.2 Å². The van der Waals surface area contributed by atoms with Crippen molar-refractivity contribution in [1.82, 2.24) is 0 Å². The number of aliphatic carboxylic acids is 1. The van der Waals surface area contributed by atoms with Crippen LogP contribution in [0.1, 0.15) is 37.5 Å². The van der Waals surface area contributed by atoms with Gasteiger partial charge in [-0.1, -0.05) is 36.4 Å². The molecule has 0 saturated heterocycles. The standard InChI is InChI=1S/C30H36O7S2/c1-30(2,3)36-26-11-9-23(10-12-26)18-20-38-28(29(31)32)21-24-7-5-22(6-8-24)17-19-35-25-13-15-27(16-14-25)37-39(4,33)34/h5-16,28H,17-21H2,1-4H3,(H,31,32).